The van der Waals surface area contributed by atoms with Crippen LogP contribution in [0, 0.1) is 0 Å². The zero-order valence-corrected chi connectivity index (χ0v) is 20.9. The molecule has 5 rings (SSSR count). The van der Waals surface area contributed by atoms with E-state index < -0.39 is 11.7 Å². The summed E-state index contributed by atoms with van der Waals surface area (Å²) in [5.74, 6) is -0.559. The first kappa shape index (κ1) is 24.4. The molecule has 2 N–H and O–H groups in total. The van der Waals surface area contributed by atoms with E-state index in [9.17, 15) is 9.18 Å². The van der Waals surface area contributed by atoms with Crippen molar-refractivity contribution in [2.75, 3.05) is 48.8 Å². The maximum absolute atomic E-state index is 13.1. The summed E-state index contributed by atoms with van der Waals surface area (Å²) in [5, 5.41) is 6.92. The number of amides is 1. The molecular weight excluding hydrogens is 467 g/mol. The molecule has 0 unspecified atom stereocenters. The Kier molecular flexibility index (Phi) is 7.09. The van der Waals surface area contributed by atoms with Crippen LogP contribution in [0.25, 0.3) is 22.0 Å². The number of likely N-dealkylation sites (N-methyl/N-ethyl adjacent to an activating group) is 1. The first-order valence-corrected chi connectivity index (χ1v) is 12.3. The summed E-state index contributed by atoms with van der Waals surface area (Å²) >= 11 is 0. The van der Waals surface area contributed by atoms with Gasteiger partial charge in [0.15, 0.2) is 0 Å². The first-order valence-electron chi connectivity index (χ1n) is 12.3. The molecule has 8 heteroatoms. The fourth-order valence-corrected chi connectivity index (χ4v) is 4.42. The maximum Gasteiger partial charge on any atom is 0.250 e. The number of carbonyl (C=O) groups is 1. The van der Waals surface area contributed by atoms with Gasteiger partial charge in [-0.3, -0.25) is 4.79 Å². The number of piperazine rings is 1. The summed E-state index contributed by atoms with van der Waals surface area (Å²) in [4.78, 5) is 26.0. The summed E-state index contributed by atoms with van der Waals surface area (Å²) in [6.07, 6.45) is 2.72. The standard InChI is InChI=1S/C29H29FN6O/c1-20(30)17-27(37)32-24-7-3-5-21(18-24)26-8-4-6-22-19-31-29(34-28(22)26)33-23-9-11-25(12-10-23)36-15-13-35(2)14-16-36/h3-12,17-19H,13-16H2,1-2H3,(H,32,37)(H,31,33,34)/b20-17+. The lowest BCUT2D eigenvalue weighted by molar-refractivity contribution is -0.112. The molecule has 3 aromatic carbocycles. The van der Waals surface area contributed by atoms with Crippen molar-refractivity contribution in [1.82, 2.24) is 14.9 Å². The molecule has 1 aromatic heterocycles. The molecule has 1 aliphatic heterocycles. The van der Waals surface area contributed by atoms with Crippen LogP contribution in [0.3, 0.4) is 0 Å². The number of allylic oxidation sites excluding steroid dienone is 1. The van der Waals surface area contributed by atoms with Gasteiger partial charge < -0.3 is 20.4 Å². The van der Waals surface area contributed by atoms with E-state index in [2.05, 4.69) is 44.6 Å². The predicted octanol–water partition coefficient (Wildman–Crippen LogP) is 5.60. The molecule has 0 radical (unpaired) electrons. The topological polar surface area (TPSA) is 73.4 Å². The number of carbonyl (C=O) groups excluding carboxylic acids is 1. The summed E-state index contributed by atoms with van der Waals surface area (Å²) in [5.41, 5.74) is 5.27. The van der Waals surface area contributed by atoms with E-state index in [4.69, 9.17) is 4.98 Å². The summed E-state index contributed by atoms with van der Waals surface area (Å²) in [6, 6.07) is 21.7. The monoisotopic (exact) mass is 496 g/mol. The van der Waals surface area contributed by atoms with Crippen LogP contribution < -0.4 is 15.5 Å². The summed E-state index contributed by atoms with van der Waals surface area (Å²) in [6.45, 7) is 5.42. The molecule has 0 aliphatic carbocycles. The quantitative estimate of drug-likeness (QED) is 0.339. The van der Waals surface area contributed by atoms with Gasteiger partial charge in [0.05, 0.1) is 5.52 Å². The molecule has 7 nitrogen and oxygen atoms in total. The van der Waals surface area contributed by atoms with Gasteiger partial charge in [-0.05, 0) is 55.9 Å². The van der Waals surface area contributed by atoms with Crippen molar-refractivity contribution in [2.45, 2.75) is 6.92 Å². The third kappa shape index (κ3) is 5.92. The lowest BCUT2D eigenvalue weighted by Gasteiger charge is -2.34. The van der Waals surface area contributed by atoms with E-state index in [1.807, 2.05) is 48.5 Å². The van der Waals surface area contributed by atoms with Gasteiger partial charge in [-0.1, -0.05) is 30.3 Å². The summed E-state index contributed by atoms with van der Waals surface area (Å²) < 4.78 is 13.1. The van der Waals surface area contributed by atoms with E-state index in [1.54, 1.807) is 12.3 Å². The van der Waals surface area contributed by atoms with Gasteiger partial charge in [-0.2, -0.15) is 0 Å². The van der Waals surface area contributed by atoms with Gasteiger partial charge in [0, 0.05) is 66.5 Å². The van der Waals surface area contributed by atoms with Crippen LogP contribution in [0.4, 0.5) is 27.4 Å². The van der Waals surface area contributed by atoms with Crippen LogP contribution >= 0.6 is 0 Å². The molecule has 1 saturated heterocycles. The van der Waals surface area contributed by atoms with E-state index in [-0.39, 0.29) is 0 Å². The molecule has 188 valence electrons. The van der Waals surface area contributed by atoms with Gasteiger partial charge in [0.1, 0.15) is 5.83 Å². The lowest BCUT2D eigenvalue weighted by atomic mass is 10.0. The molecule has 1 aliphatic rings. The Bertz CT molecular complexity index is 1440. The van der Waals surface area contributed by atoms with Crippen molar-refractivity contribution in [3.05, 3.63) is 84.8 Å². The number of fused-ring (bicyclic) bond motifs is 1. The van der Waals surface area contributed by atoms with Crippen LogP contribution in [0.1, 0.15) is 6.92 Å². The van der Waals surface area contributed by atoms with Crippen LogP contribution in [0.5, 0.6) is 0 Å². The van der Waals surface area contributed by atoms with Gasteiger partial charge in [-0.15, -0.1) is 0 Å². The number of nitrogens with zero attached hydrogens (tertiary/aromatic N) is 4. The van der Waals surface area contributed by atoms with Gasteiger partial charge in [0.2, 0.25) is 5.95 Å². The maximum atomic E-state index is 13.1. The smallest absolute Gasteiger partial charge is 0.250 e. The second kappa shape index (κ2) is 10.8. The molecular formula is C29H29FN6O. The van der Waals surface area contributed by atoms with Crippen LogP contribution in [-0.4, -0.2) is 54.0 Å². The Morgan fingerprint density at radius 2 is 1.73 bits per heavy atom. The van der Waals surface area contributed by atoms with E-state index in [0.29, 0.717) is 11.6 Å². The molecule has 0 atom stereocenters. The second-order valence-corrected chi connectivity index (χ2v) is 9.20. The molecule has 37 heavy (non-hydrogen) atoms. The van der Waals surface area contributed by atoms with Crippen molar-refractivity contribution >= 4 is 39.8 Å². The van der Waals surface area contributed by atoms with E-state index in [1.165, 1.54) is 12.6 Å². The summed E-state index contributed by atoms with van der Waals surface area (Å²) in [7, 11) is 2.15. The number of anilines is 4. The van der Waals surface area contributed by atoms with Crippen molar-refractivity contribution in [2.24, 2.45) is 0 Å². The van der Waals surface area contributed by atoms with E-state index >= 15 is 0 Å². The number of halogens is 1. The number of para-hydroxylation sites is 1. The number of nitrogens with one attached hydrogen (secondary N) is 2. The number of hydrogen-bond acceptors (Lipinski definition) is 6. The highest BCUT2D eigenvalue weighted by Crippen LogP contribution is 2.30. The number of benzene rings is 3. The van der Waals surface area contributed by atoms with Crippen LogP contribution in [0.15, 0.2) is 84.8 Å². The van der Waals surface area contributed by atoms with Gasteiger partial charge >= 0.3 is 0 Å². The minimum absolute atomic E-state index is 0.500. The Morgan fingerprint density at radius 3 is 2.49 bits per heavy atom. The van der Waals surface area contributed by atoms with Crippen molar-refractivity contribution in [1.29, 1.82) is 0 Å². The number of rotatable bonds is 6. The zero-order valence-electron chi connectivity index (χ0n) is 20.9. The Labute approximate surface area is 215 Å². The number of aromatic nitrogens is 2. The van der Waals surface area contributed by atoms with E-state index in [0.717, 1.165) is 60.0 Å². The predicted molar refractivity (Wildman–Crippen MR) is 148 cm³/mol. The first-order chi connectivity index (χ1) is 17.9. The van der Waals surface area contributed by atoms with Crippen molar-refractivity contribution < 1.29 is 9.18 Å². The molecule has 4 aromatic rings. The normalized spacial score (nSPS) is 14.6. The highest BCUT2D eigenvalue weighted by atomic mass is 19.1. The minimum Gasteiger partial charge on any atom is -0.369 e. The fourth-order valence-electron chi connectivity index (χ4n) is 4.42. The molecule has 0 saturated carbocycles. The largest absolute Gasteiger partial charge is 0.369 e. The highest BCUT2D eigenvalue weighted by molar-refractivity contribution is 6.00. The minimum atomic E-state index is -0.548. The fraction of sp³-hybridized carbons (Fsp3) is 0.207. The molecule has 1 amide bonds. The van der Waals surface area contributed by atoms with Gasteiger partial charge in [0.25, 0.3) is 5.91 Å². The molecule has 2 heterocycles. The Balaban J connectivity index is 1.38. The SMILES string of the molecule is C/C(F)=C\C(=O)Nc1cccc(-c2cccc3cnc(Nc4ccc(N5CCN(C)CC5)cc4)nc23)c1. The van der Waals surface area contributed by atoms with Crippen molar-refractivity contribution in [3.8, 4) is 11.1 Å². The van der Waals surface area contributed by atoms with Crippen LogP contribution in [-0.2, 0) is 4.79 Å². The molecule has 1 fully saturated rings. The second-order valence-electron chi connectivity index (χ2n) is 9.20. The average molecular weight is 497 g/mol. The third-order valence-corrected chi connectivity index (χ3v) is 6.37. The average Bonchev–Trinajstić information content (AvgIpc) is 2.89. The Hall–Kier alpha value is -4.30. The molecule has 0 spiro atoms. The highest BCUT2D eigenvalue weighted by Gasteiger charge is 2.14. The third-order valence-electron chi connectivity index (χ3n) is 6.37. The number of hydrogen-bond donors (Lipinski definition) is 2. The van der Waals surface area contributed by atoms with Crippen LogP contribution in [0.2, 0.25) is 0 Å². The zero-order chi connectivity index (χ0) is 25.8. The van der Waals surface area contributed by atoms with Gasteiger partial charge in [-0.25, -0.2) is 14.4 Å². The molecule has 0 bridgehead atoms. The van der Waals surface area contributed by atoms with Crippen molar-refractivity contribution in [3.63, 3.8) is 0 Å². The lowest BCUT2D eigenvalue weighted by Crippen LogP contribution is -2.44. The Morgan fingerprint density at radius 1 is 0.973 bits per heavy atom.